The number of aliphatic imine (C=N–C) groups is 1. The van der Waals surface area contributed by atoms with Crippen molar-refractivity contribution in [2.24, 2.45) is 4.99 Å². The lowest BCUT2D eigenvalue weighted by Gasteiger charge is -2.26. The summed E-state index contributed by atoms with van der Waals surface area (Å²) in [5.41, 5.74) is 1.95. The number of hydrogen-bond acceptors (Lipinski definition) is 8. The molecule has 0 bridgehead atoms. The number of carbonyl (C=O) groups excluding carboxylic acids is 3. The van der Waals surface area contributed by atoms with Crippen molar-refractivity contribution >= 4 is 46.5 Å². The highest BCUT2D eigenvalue weighted by Crippen LogP contribution is 2.33. The van der Waals surface area contributed by atoms with E-state index < -0.39 is 12.1 Å². The Kier molecular flexibility index (Phi) is 8.62. The summed E-state index contributed by atoms with van der Waals surface area (Å²) in [4.78, 5) is 45.8. The zero-order valence-corrected chi connectivity index (χ0v) is 21.8. The van der Waals surface area contributed by atoms with Crippen molar-refractivity contribution in [2.75, 3.05) is 40.0 Å². The fraction of sp³-hybridized carbons (Fsp3) is 0.333. The number of carbonyl (C=O) groups is 3. The first kappa shape index (κ1) is 26.4. The SMILES string of the molecule is CCOC(=O)[C@@H](C)Oc1ccc(/C=C2/SC(=Nc3cccc(C(=O)N4CCOCC4)c3)N(C)C2=O)cc1. The Morgan fingerprint density at radius 1 is 1.16 bits per heavy atom. The minimum absolute atomic E-state index is 0.0569. The topological polar surface area (TPSA) is 97.7 Å². The molecule has 0 N–H and O–H groups in total. The number of nitrogens with zero attached hydrogens (tertiary/aromatic N) is 3. The lowest BCUT2D eigenvalue weighted by atomic mass is 10.1. The third-order valence-corrected chi connectivity index (χ3v) is 6.79. The van der Waals surface area contributed by atoms with E-state index in [-0.39, 0.29) is 11.8 Å². The highest BCUT2D eigenvalue weighted by molar-refractivity contribution is 8.18. The highest BCUT2D eigenvalue weighted by atomic mass is 32.2. The average Bonchev–Trinajstić information content (AvgIpc) is 3.17. The van der Waals surface area contributed by atoms with Crippen LogP contribution in [-0.4, -0.2) is 78.8 Å². The van der Waals surface area contributed by atoms with Gasteiger partial charge in [0, 0.05) is 25.7 Å². The van der Waals surface area contributed by atoms with Gasteiger partial charge in [-0.3, -0.25) is 14.5 Å². The molecule has 0 spiro atoms. The molecule has 0 aromatic heterocycles. The van der Waals surface area contributed by atoms with Crippen LogP contribution in [0.2, 0.25) is 0 Å². The van der Waals surface area contributed by atoms with Crippen molar-refractivity contribution in [1.82, 2.24) is 9.80 Å². The van der Waals surface area contributed by atoms with Crippen molar-refractivity contribution in [3.8, 4) is 5.75 Å². The predicted molar refractivity (Wildman–Crippen MR) is 142 cm³/mol. The maximum Gasteiger partial charge on any atom is 0.347 e. The van der Waals surface area contributed by atoms with Gasteiger partial charge in [0.2, 0.25) is 0 Å². The first-order valence-corrected chi connectivity index (χ1v) is 12.8. The fourth-order valence-corrected chi connectivity index (χ4v) is 4.71. The van der Waals surface area contributed by atoms with Gasteiger partial charge >= 0.3 is 5.97 Å². The van der Waals surface area contributed by atoms with Gasteiger partial charge in [-0.1, -0.05) is 18.2 Å². The Morgan fingerprint density at radius 3 is 2.59 bits per heavy atom. The van der Waals surface area contributed by atoms with E-state index in [9.17, 15) is 14.4 Å². The molecule has 0 saturated carbocycles. The Bertz CT molecular complexity index is 1220. The molecule has 1 atom stereocenters. The normalized spacial score (nSPS) is 18.8. The summed E-state index contributed by atoms with van der Waals surface area (Å²) < 4.78 is 15.9. The Morgan fingerprint density at radius 2 is 1.89 bits per heavy atom. The van der Waals surface area contributed by atoms with Gasteiger partial charge in [-0.25, -0.2) is 9.79 Å². The van der Waals surface area contributed by atoms with E-state index in [1.165, 1.54) is 16.7 Å². The molecule has 2 amide bonds. The van der Waals surface area contributed by atoms with Crippen molar-refractivity contribution in [3.05, 3.63) is 64.6 Å². The molecule has 2 heterocycles. The number of thioether (sulfide) groups is 1. The molecule has 2 saturated heterocycles. The Hall–Kier alpha value is -3.63. The number of esters is 1. The first-order valence-electron chi connectivity index (χ1n) is 12.0. The highest BCUT2D eigenvalue weighted by Gasteiger charge is 2.30. The molecule has 0 unspecified atom stereocenters. The van der Waals surface area contributed by atoms with Gasteiger partial charge in [-0.2, -0.15) is 0 Å². The maximum absolute atomic E-state index is 12.8. The lowest BCUT2D eigenvalue weighted by molar-refractivity contribution is -0.150. The van der Waals surface area contributed by atoms with E-state index >= 15 is 0 Å². The number of ether oxygens (including phenoxy) is 3. The van der Waals surface area contributed by atoms with Crippen LogP contribution in [0.15, 0.2) is 58.4 Å². The maximum atomic E-state index is 12.8. The van der Waals surface area contributed by atoms with Crippen LogP contribution >= 0.6 is 11.8 Å². The van der Waals surface area contributed by atoms with Gasteiger partial charge in [0.1, 0.15) is 5.75 Å². The number of hydrogen-bond donors (Lipinski definition) is 0. The van der Waals surface area contributed by atoms with Crippen LogP contribution in [0, 0.1) is 0 Å². The van der Waals surface area contributed by atoms with Gasteiger partial charge in [-0.05, 0) is 67.6 Å². The van der Waals surface area contributed by atoms with Crippen LogP contribution in [0.1, 0.15) is 29.8 Å². The van der Waals surface area contributed by atoms with Crippen molar-refractivity contribution in [3.63, 3.8) is 0 Å². The number of amides is 2. The fourth-order valence-electron chi connectivity index (χ4n) is 3.73. The summed E-state index contributed by atoms with van der Waals surface area (Å²) in [6.45, 7) is 5.87. The molecule has 2 fully saturated rings. The summed E-state index contributed by atoms with van der Waals surface area (Å²) >= 11 is 1.27. The van der Waals surface area contributed by atoms with E-state index in [4.69, 9.17) is 14.2 Å². The molecular formula is C27H29N3O6S. The van der Waals surface area contributed by atoms with Crippen LogP contribution in [0.4, 0.5) is 5.69 Å². The Labute approximate surface area is 220 Å². The smallest absolute Gasteiger partial charge is 0.347 e. The molecule has 2 aromatic rings. The van der Waals surface area contributed by atoms with Crippen molar-refractivity contribution in [1.29, 1.82) is 0 Å². The number of rotatable bonds is 7. The molecule has 37 heavy (non-hydrogen) atoms. The minimum atomic E-state index is -0.716. The van der Waals surface area contributed by atoms with Gasteiger partial charge in [0.25, 0.3) is 11.8 Å². The van der Waals surface area contributed by atoms with E-state index in [1.807, 2.05) is 12.1 Å². The summed E-state index contributed by atoms with van der Waals surface area (Å²) in [6.07, 6.45) is 1.06. The molecule has 0 aliphatic carbocycles. The van der Waals surface area contributed by atoms with Crippen LogP contribution in [0.3, 0.4) is 0 Å². The number of likely N-dealkylation sites (N-methyl/N-ethyl adjacent to an activating group) is 1. The average molecular weight is 524 g/mol. The van der Waals surface area contributed by atoms with Gasteiger partial charge in [-0.15, -0.1) is 0 Å². The summed E-state index contributed by atoms with van der Waals surface area (Å²) in [5, 5.41) is 0.524. The molecule has 194 valence electrons. The largest absolute Gasteiger partial charge is 0.479 e. The summed E-state index contributed by atoms with van der Waals surface area (Å²) in [6, 6.07) is 14.2. The molecule has 4 rings (SSSR count). The number of benzene rings is 2. The molecule has 2 aliphatic rings. The van der Waals surface area contributed by atoms with Gasteiger partial charge in [0.05, 0.1) is 30.4 Å². The molecule has 2 aliphatic heterocycles. The molecule has 0 radical (unpaired) electrons. The monoisotopic (exact) mass is 523 g/mol. The van der Waals surface area contributed by atoms with Crippen LogP contribution < -0.4 is 4.74 Å². The van der Waals surface area contributed by atoms with E-state index in [1.54, 1.807) is 68.3 Å². The van der Waals surface area contributed by atoms with Crippen LogP contribution in [0.25, 0.3) is 6.08 Å². The quantitative estimate of drug-likeness (QED) is 0.403. The molecule has 10 heteroatoms. The molecular weight excluding hydrogens is 494 g/mol. The second kappa shape index (κ2) is 12.1. The third-order valence-electron chi connectivity index (χ3n) is 5.73. The van der Waals surface area contributed by atoms with Crippen molar-refractivity contribution < 1.29 is 28.6 Å². The number of morpholine rings is 1. The van der Waals surface area contributed by atoms with E-state index in [0.29, 0.717) is 60.0 Å². The van der Waals surface area contributed by atoms with E-state index in [0.717, 1.165) is 5.56 Å². The standard InChI is InChI=1S/C27H29N3O6S/c1-4-35-26(33)18(2)36-22-10-8-19(9-11-22)16-23-25(32)29(3)27(37-23)28-21-7-5-6-20(17-21)24(31)30-12-14-34-15-13-30/h5-11,16-18H,4,12-15H2,1-3H3/b23-16+,28-27?/t18-/m1/s1. The lowest BCUT2D eigenvalue weighted by Crippen LogP contribution is -2.40. The first-order chi connectivity index (χ1) is 17.9. The summed E-state index contributed by atoms with van der Waals surface area (Å²) in [7, 11) is 1.67. The second-order valence-electron chi connectivity index (χ2n) is 8.41. The predicted octanol–water partition coefficient (Wildman–Crippen LogP) is 3.72. The van der Waals surface area contributed by atoms with E-state index in [2.05, 4.69) is 4.99 Å². The molecule has 2 aromatic carbocycles. The zero-order valence-electron chi connectivity index (χ0n) is 21.0. The minimum Gasteiger partial charge on any atom is -0.479 e. The second-order valence-corrected chi connectivity index (χ2v) is 9.41. The zero-order chi connectivity index (χ0) is 26.4. The summed E-state index contributed by atoms with van der Waals surface area (Å²) in [5.74, 6) is -0.120. The number of amidine groups is 1. The van der Waals surface area contributed by atoms with Crippen molar-refractivity contribution in [2.45, 2.75) is 20.0 Å². The van der Waals surface area contributed by atoms with Crippen LogP contribution in [-0.2, 0) is 19.1 Å². The van der Waals surface area contributed by atoms with Gasteiger partial charge < -0.3 is 19.1 Å². The molecule has 9 nitrogen and oxygen atoms in total. The third kappa shape index (κ3) is 6.58. The van der Waals surface area contributed by atoms with Gasteiger partial charge in [0.15, 0.2) is 11.3 Å². The Balaban J connectivity index is 1.45. The van der Waals surface area contributed by atoms with Crippen LogP contribution in [0.5, 0.6) is 5.75 Å².